The van der Waals surface area contributed by atoms with Gasteiger partial charge in [-0.25, -0.2) is 9.97 Å². The summed E-state index contributed by atoms with van der Waals surface area (Å²) >= 11 is 1.92. The third-order valence-corrected chi connectivity index (χ3v) is 4.76. The molecule has 1 aromatic rings. The summed E-state index contributed by atoms with van der Waals surface area (Å²) < 4.78 is 0. The quantitative estimate of drug-likeness (QED) is 0.797. The first-order valence-electron chi connectivity index (χ1n) is 7.92. The monoisotopic (exact) mass is 293 g/mol. The molecule has 4 heteroatoms. The first kappa shape index (κ1) is 15.6. The van der Waals surface area contributed by atoms with E-state index >= 15 is 0 Å². The highest BCUT2D eigenvalue weighted by Crippen LogP contribution is 2.34. The fourth-order valence-electron chi connectivity index (χ4n) is 2.60. The molecule has 1 aliphatic carbocycles. The molecule has 0 aromatic carbocycles. The molecule has 1 saturated carbocycles. The van der Waals surface area contributed by atoms with Crippen LogP contribution in [0.25, 0.3) is 0 Å². The molecule has 1 heterocycles. The molecule has 0 atom stereocenters. The fraction of sp³-hybridized carbons (Fsp3) is 0.750. The molecular formula is C16H27N3S. The maximum absolute atomic E-state index is 4.82. The van der Waals surface area contributed by atoms with E-state index in [-0.39, 0.29) is 0 Å². The van der Waals surface area contributed by atoms with E-state index < -0.39 is 0 Å². The predicted molar refractivity (Wildman–Crippen MR) is 88.5 cm³/mol. The van der Waals surface area contributed by atoms with Gasteiger partial charge in [-0.05, 0) is 24.5 Å². The maximum Gasteiger partial charge on any atom is 0.140 e. The first-order chi connectivity index (χ1) is 9.69. The SMILES string of the molecule is CCCNc1cc(C2CCCC2)nc(CSC(C)C)n1. The average Bonchev–Trinajstić information content (AvgIpc) is 2.97. The van der Waals surface area contributed by atoms with Gasteiger partial charge >= 0.3 is 0 Å². The smallest absolute Gasteiger partial charge is 0.140 e. The molecule has 2 rings (SSSR count). The zero-order chi connectivity index (χ0) is 14.4. The van der Waals surface area contributed by atoms with Gasteiger partial charge in [0, 0.05) is 24.2 Å². The van der Waals surface area contributed by atoms with E-state index in [1.807, 2.05) is 11.8 Å². The highest BCUT2D eigenvalue weighted by Gasteiger charge is 2.20. The van der Waals surface area contributed by atoms with Crippen LogP contribution in [0.1, 0.15) is 70.3 Å². The Kier molecular flexibility index (Phi) is 6.14. The second-order valence-electron chi connectivity index (χ2n) is 5.86. The Balaban J connectivity index is 2.14. The van der Waals surface area contributed by atoms with Gasteiger partial charge < -0.3 is 5.32 Å². The van der Waals surface area contributed by atoms with E-state index in [0.29, 0.717) is 11.2 Å². The minimum Gasteiger partial charge on any atom is -0.370 e. The maximum atomic E-state index is 4.82. The second kappa shape index (κ2) is 7.87. The second-order valence-corrected chi connectivity index (χ2v) is 7.43. The van der Waals surface area contributed by atoms with Crippen molar-refractivity contribution in [2.24, 2.45) is 0 Å². The molecule has 20 heavy (non-hydrogen) atoms. The van der Waals surface area contributed by atoms with Crippen molar-refractivity contribution in [1.29, 1.82) is 0 Å². The number of anilines is 1. The lowest BCUT2D eigenvalue weighted by Crippen LogP contribution is -2.09. The lowest BCUT2D eigenvalue weighted by molar-refractivity contribution is 0.688. The molecule has 0 spiro atoms. The molecule has 1 fully saturated rings. The van der Waals surface area contributed by atoms with E-state index in [1.165, 1.54) is 31.4 Å². The van der Waals surface area contributed by atoms with Crippen LogP contribution in [0.3, 0.4) is 0 Å². The number of nitrogens with zero attached hydrogens (tertiary/aromatic N) is 2. The van der Waals surface area contributed by atoms with Gasteiger partial charge in [0.25, 0.3) is 0 Å². The number of aromatic nitrogens is 2. The van der Waals surface area contributed by atoms with E-state index in [9.17, 15) is 0 Å². The van der Waals surface area contributed by atoms with Crippen LogP contribution in [0, 0.1) is 0 Å². The van der Waals surface area contributed by atoms with Gasteiger partial charge in [-0.3, -0.25) is 0 Å². The largest absolute Gasteiger partial charge is 0.370 e. The van der Waals surface area contributed by atoms with Crippen molar-refractivity contribution >= 4 is 17.6 Å². The molecule has 0 unspecified atom stereocenters. The van der Waals surface area contributed by atoms with E-state index in [1.54, 1.807) is 0 Å². The molecular weight excluding hydrogens is 266 g/mol. The molecule has 0 radical (unpaired) electrons. The van der Waals surface area contributed by atoms with Gasteiger partial charge in [0.15, 0.2) is 0 Å². The summed E-state index contributed by atoms with van der Waals surface area (Å²) in [5.41, 5.74) is 1.26. The Hall–Kier alpha value is -0.770. The summed E-state index contributed by atoms with van der Waals surface area (Å²) in [4.78, 5) is 9.49. The van der Waals surface area contributed by atoms with Crippen LogP contribution < -0.4 is 5.32 Å². The van der Waals surface area contributed by atoms with Crippen LogP contribution in [0.4, 0.5) is 5.82 Å². The summed E-state index contributed by atoms with van der Waals surface area (Å²) in [6, 6.07) is 2.18. The molecule has 0 saturated heterocycles. The topological polar surface area (TPSA) is 37.8 Å². The third kappa shape index (κ3) is 4.65. The third-order valence-electron chi connectivity index (χ3n) is 3.67. The summed E-state index contributed by atoms with van der Waals surface area (Å²) in [6.07, 6.45) is 6.41. The predicted octanol–water partition coefficient (Wildman–Crippen LogP) is 4.60. The molecule has 1 N–H and O–H groups in total. The van der Waals surface area contributed by atoms with Crippen molar-refractivity contribution in [3.05, 3.63) is 17.6 Å². The molecule has 1 aliphatic rings. The van der Waals surface area contributed by atoms with Crippen molar-refractivity contribution in [2.45, 2.75) is 69.8 Å². The summed E-state index contributed by atoms with van der Waals surface area (Å²) in [5.74, 6) is 3.58. The Labute approximate surface area is 127 Å². The minimum absolute atomic E-state index is 0.626. The highest BCUT2D eigenvalue weighted by atomic mass is 32.2. The lowest BCUT2D eigenvalue weighted by atomic mass is 10.0. The molecule has 3 nitrogen and oxygen atoms in total. The van der Waals surface area contributed by atoms with Crippen LogP contribution in [-0.4, -0.2) is 21.8 Å². The standard InChI is InChI=1S/C16H27N3S/c1-4-9-17-15-10-14(13-7-5-6-8-13)18-16(19-15)11-20-12(2)3/h10,12-13H,4-9,11H2,1-3H3,(H,17,18,19). The van der Waals surface area contributed by atoms with Crippen molar-refractivity contribution in [2.75, 3.05) is 11.9 Å². The zero-order valence-electron chi connectivity index (χ0n) is 13.0. The van der Waals surface area contributed by atoms with Crippen molar-refractivity contribution in [3.8, 4) is 0 Å². The van der Waals surface area contributed by atoms with Crippen molar-refractivity contribution < 1.29 is 0 Å². The van der Waals surface area contributed by atoms with E-state index in [4.69, 9.17) is 4.98 Å². The Morgan fingerprint density at radius 3 is 2.70 bits per heavy atom. The number of rotatable bonds is 7. The normalized spacial score (nSPS) is 16.0. The Morgan fingerprint density at radius 1 is 1.30 bits per heavy atom. The van der Waals surface area contributed by atoms with Gasteiger partial charge in [0.05, 0.1) is 5.75 Å². The van der Waals surface area contributed by atoms with Gasteiger partial charge in [0.1, 0.15) is 11.6 Å². The van der Waals surface area contributed by atoms with Crippen molar-refractivity contribution in [1.82, 2.24) is 9.97 Å². The van der Waals surface area contributed by atoms with Crippen LogP contribution in [0.2, 0.25) is 0 Å². The summed E-state index contributed by atoms with van der Waals surface area (Å²) in [5, 5.41) is 4.05. The van der Waals surface area contributed by atoms with Crippen LogP contribution in [0.5, 0.6) is 0 Å². The van der Waals surface area contributed by atoms with E-state index in [2.05, 4.69) is 37.1 Å². The fourth-order valence-corrected chi connectivity index (χ4v) is 3.21. The summed E-state index contributed by atoms with van der Waals surface area (Å²) in [6.45, 7) is 7.61. The minimum atomic E-state index is 0.626. The molecule has 0 bridgehead atoms. The number of nitrogens with one attached hydrogen (secondary N) is 1. The Morgan fingerprint density at radius 2 is 2.05 bits per heavy atom. The number of hydrogen-bond donors (Lipinski definition) is 1. The molecule has 1 aromatic heterocycles. The van der Waals surface area contributed by atoms with Crippen molar-refractivity contribution in [3.63, 3.8) is 0 Å². The van der Waals surface area contributed by atoms with Crippen LogP contribution >= 0.6 is 11.8 Å². The van der Waals surface area contributed by atoms with Gasteiger partial charge in [-0.2, -0.15) is 11.8 Å². The molecule has 112 valence electrons. The molecule has 0 amide bonds. The van der Waals surface area contributed by atoms with Gasteiger partial charge in [-0.1, -0.05) is 33.6 Å². The summed E-state index contributed by atoms with van der Waals surface area (Å²) in [7, 11) is 0. The highest BCUT2D eigenvalue weighted by molar-refractivity contribution is 7.99. The average molecular weight is 293 g/mol. The first-order valence-corrected chi connectivity index (χ1v) is 8.97. The van der Waals surface area contributed by atoms with E-state index in [0.717, 1.165) is 30.4 Å². The zero-order valence-corrected chi connectivity index (χ0v) is 13.8. The number of thioether (sulfide) groups is 1. The van der Waals surface area contributed by atoms with Gasteiger partial charge in [0.2, 0.25) is 0 Å². The van der Waals surface area contributed by atoms with Crippen LogP contribution in [0.15, 0.2) is 6.07 Å². The number of hydrogen-bond acceptors (Lipinski definition) is 4. The Bertz CT molecular complexity index is 414. The van der Waals surface area contributed by atoms with Crippen LogP contribution in [-0.2, 0) is 5.75 Å². The lowest BCUT2D eigenvalue weighted by Gasteiger charge is -2.14. The van der Waals surface area contributed by atoms with Gasteiger partial charge in [-0.15, -0.1) is 0 Å². The molecule has 0 aliphatic heterocycles.